The lowest BCUT2D eigenvalue weighted by atomic mass is 9.92. The number of aliphatic hydroxyl groups excluding tert-OH is 1. The summed E-state index contributed by atoms with van der Waals surface area (Å²) >= 11 is 5.98. The number of hydrogen-bond donors (Lipinski definition) is 2. The number of aliphatic hydroxyl groups is 1. The highest BCUT2D eigenvalue weighted by molar-refractivity contribution is 6.30. The number of halogens is 1. The van der Waals surface area contributed by atoms with Gasteiger partial charge in [0.25, 0.3) is 0 Å². The number of rotatable bonds is 4. The van der Waals surface area contributed by atoms with Crippen molar-refractivity contribution in [1.29, 1.82) is 0 Å². The van der Waals surface area contributed by atoms with E-state index in [1.807, 2.05) is 24.3 Å². The fourth-order valence-corrected chi connectivity index (χ4v) is 3.85. The summed E-state index contributed by atoms with van der Waals surface area (Å²) in [5.41, 5.74) is 1.12. The minimum absolute atomic E-state index is 0.0359. The van der Waals surface area contributed by atoms with Crippen LogP contribution in [0, 0.1) is 5.92 Å². The van der Waals surface area contributed by atoms with Crippen molar-refractivity contribution in [2.75, 3.05) is 0 Å². The average Bonchev–Trinajstić information content (AvgIpc) is 3.08. The lowest BCUT2D eigenvalue weighted by molar-refractivity contribution is -0.110. The van der Waals surface area contributed by atoms with Crippen LogP contribution < -0.4 is 5.32 Å². The van der Waals surface area contributed by atoms with E-state index in [-0.39, 0.29) is 12.1 Å². The van der Waals surface area contributed by atoms with Crippen molar-refractivity contribution < 1.29 is 9.90 Å². The average molecular weight is 338 g/mol. The molecule has 2 aliphatic rings. The molecule has 128 valence electrons. The highest BCUT2D eigenvalue weighted by atomic mass is 35.5. The molecule has 0 aliphatic heterocycles. The Morgan fingerprint density at radius 1 is 1.09 bits per heavy atom. The number of benzene rings is 1. The van der Waals surface area contributed by atoms with Crippen LogP contribution in [0.5, 0.6) is 0 Å². The fraction of sp³-hybridized carbons (Fsp3) is 0.632. The lowest BCUT2D eigenvalue weighted by Crippen LogP contribution is -2.25. The van der Waals surface area contributed by atoms with Gasteiger partial charge >= 0.3 is 0 Å². The molecule has 2 fully saturated rings. The molecular weight excluding hydrogens is 310 g/mol. The minimum Gasteiger partial charge on any atom is -0.393 e. The molecule has 1 aromatic rings. The first-order valence-corrected chi connectivity index (χ1v) is 9.21. The van der Waals surface area contributed by atoms with Gasteiger partial charge in [-0.15, -0.1) is 0 Å². The van der Waals surface area contributed by atoms with Crippen molar-refractivity contribution in [2.24, 2.45) is 5.92 Å². The third-order valence-corrected chi connectivity index (χ3v) is 5.14. The topological polar surface area (TPSA) is 49.3 Å². The molecule has 1 aromatic carbocycles. The molecule has 2 N–H and O–H groups in total. The van der Waals surface area contributed by atoms with E-state index in [0.29, 0.717) is 5.92 Å². The molecule has 1 atom stereocenters. The number of hydrogen-bond acceptors (Lipinski definition) is 2. The minimum atomic E-state index is 0.0359. The Hall–Kier alpha value is -1.06. The molecule has 0 radical (unpaired) electrons. The molecule has 2 saturated carbocycles. The van der Waals surface area contributed by atoms with Crippen LogP contribution in [0.1, 0.15) is 69.4 Å². The van der Waals surface area contributed by atoms with Crippen molar-refractivity contribution in [3.63, 3.8) is 0 Å². The molecule has 0 aromatic heterocycles. The zero-order valence-electron chi connectivity index (χ0n) is 13.7. The second-order valence-corrected chi connectivity index (χ2v) is 7.09. The third kappa shape index (κ3) is 6.15. The maximum Gasteiger partial charge on any atom is 0.207 e. The van der Waals surface area contributed by atoms with Gasteiger partial charge in [-0.25, -0.2) is 0 Å². The zero-order chi connectivity index (χ0) is 16.5. The molecule has 0 saturated heterocycles. The van der Waals surface area contributed by atoms with Crippen molar-refractivity contribution in [3.8, 4) is 0 Å². The van der Waals surface area contributed by atoms with Gasteiger partial charge in [0.2, 0.25) is 6.41 Å². The molecule has 0 bridgehead atoms. The standard InChI is InChI=1S/C13H16ClNO.C6H12O/c14-12-7-3-6-11(8-12)13(15-9-16)10-4-1-2-5-10;7-6-4-2-1-3-5-6/h3,6-10,13H,1-2,4-5H2,(H,15,16);6-7H,1-5H2. The monoisotopic (exact) mass is 337 g/mol. The highest BCUT2D eigenvalue weighted by Gasteiger charge is 2.25. The molecule has 3 rings (SSSR count). The summed E-state index contributed by atoms with van der Waals surface area (Å²) in [6, 6.07) is 7.90. The quantitative estimate of drug-likeness (QED) is 0.787. The van der Waals surface area contributed by atoms with E-state index in [1.165, 1.54) is 44.9 Å². The van der Waals surface area contributed by atoms with E-state index in [4.69, 9.17) is 16.7 Å². The van der Waals surface area contributed by atoms with E-state index < -0.39 is 0 Å². The van der Waals surface area contributed by atoms with Crippen molar-refractivity contribution >= 4 is 18.0 Å². The summed E-state index contributed by atoms with van der Waals surface area (Å²) in [7, 11) is 0. The number of nitrogens with one attached hydrogen (secondary N) is 1. The van der Waals surface area contributed by atoms with Crippen LogP contribution in [-0.2, 0) is 4.79 Å². The first kappa shape index (κ1) is 18.3. The highest BCUT2D eigenvalue weighted by Crippen LogP contribution is 2.36. The van der Waals surface area contributed by atoms with Crippen molar-refractivity contribution in [1.82, 2.24) is 5.32 Å². The van der Waals surface area contributed by atoms with E-state index in [9.17, 15) is 4.79 Å². The Labute approximate surface area is 144 Å². The van der Waals surface area contributed by atoms with Crippen molar-refractivity contribution in [2.45, 2.75) is 69.9 Å². The summed E-state index contributed by atoms with van der Waals surface area (Å²) < 4.78 is 0. The van der Waals surface area contributed by atoms with Gasteiger partial charge in [-0.2, -0.15) is 0 Å². The summed E-state index contributed by atoms with van der Waals surface area (Å²) in [5, 5.41) is 12.6. The molecular formula is C19H28ClNO2. The van der Waals surface area contributed by atoms with Gasteiger partial charge in [-0.1, -0.05) is 55.8 Å². The van der Waals surface area contributed by atoms with E-state index in [1.54, 1.807) is 0 Å². The Morgan fingerprint density at radius 3 is 2.26 bits per heavy atom. The van der Waals surface area contributed by atoms with Gasteiger partial charge in [0, 0.05) is 5.02 Å². The van der Waals surface area contributed by atoms with Crippen LogP contribution >= 0.6 is 11.6 Å². The van der Waals surface area contributed by atoms with Gasteiger partial charge in [0.1, 0.15) is 0 Å². The Morgan fingerprint density at radius 2 is 1.74 bits per heavy atom. The Balaban J connectivity index is 0.000000229. The van der Waals surface area contributed by atoms with Crippen molar-refractivity contribution in [3.05, 3.63) is 34.9 Å². The molecule has 0 spiro atoms. The Bertz CT molecular complexity index is 468. The van der Waals surface area contributed by atoms with E-state index >= 15 is 0 Å². The second kappa shape index (κ2) is 9.94. The number of amides is 1. The van der Waals surface area contributed by atoms with Crippen LogP contribution in [0.15, 0.2) is 24.3 Å². The first-order chi connectivity index (χ1) is 11.2. The van der Waals surface area contributed by atoms with Gasteiger partial charge in [-0.3, -0.25) is 4.79 Å². The normalized spacial score (nSPS) is 20.4. The number of carbonyl (C=O) groups is 1. The van der Waals surface area contributed by atoms with E-state index in [2.05, 4.69) is 5.32 Å². The lowest BCUT2D eigenvalue weighted by Gasteiger charge is -2.23. The second-order valence-electron chi connectivity index (χ2n) is 6.65. The SMILES string of the molecule is O=CNC(c1cccc(Cl)c1)C1CCCC1.OC1CCCCC1. The first-order valence-electron chi connectivity index (χ1n) is 8.84. The summed E-state index contributed by atoms with van der Waals surface area (Å²) in [4.78, 5) is 10.7. The summed E-state index contributed by atoms with van der Waals surface area (Å²) in [6.45, 7) is 0. The molecule has 0 heterocycles. The van der Waals surface area contributed by atoms with Gasteiger partial charge in [-0.05, 0) is 49.3 Å². The van der Waals surface area contributed by atoms with Crippen LogP contribution in [0.25, 0.3) is 0 Å². The largest absolute Gasteiger partial charge is 0.393 e. The molecule has 23 heavy (non-hydrogen) atoms. The molecule has 3 nitrogen and oxygen atoms in total. The summed E-state index contributed by atoms with van der Waals surface area (Å²) in [6.07, 6.45) is 11.6. The predicted octanol–water partition coefficient (Wildman–Crippen LogP) is 4.63. The van der Waals surface area contributed by atoms with Crippen LogP contribution in [-0.4, -0.2) is 17.6 Å². The smallest absolute Gasteiger partial charge is 0.207 e. The van der Waals surface area contributed by atoms with Crippen LogP contribution in [0.3, 0.4) is 0 Å². The van der Waals surface area contributed by atoms with E-state index in [0.717, 1.165) is 29.8 Å². The molecule has 1 unspecified atom stereocenters. The molecule has 4 heteroatoms. The predicted molar refractivity (Wildman–Crippen MR) is 94.4 cm³/mol. The fourth-order valence-electron chi connectivity index (χ4n) is 3.65. The maximum absolute atomic E-state index is 10.7. The van der Waals surface area contributed by atoms with Crippen LogP contribution in [0.4, 0.5) is 0 Å². The van der Waals surface area contributed by atoms with Crippen LogP contribution in [0.2, 0.25) is 5.02 Å². The Kier molecular flexibility index (Phi) is 7.90. The van der Waals surface area contributed by atoms with Gasteiger partial charge < -0.3 is 10.4 Å². The van der Waals surface area contributed by atoms with Gasteiger partial charge in [0.15, 0.2) is 0 Å². The van der Waals surface area contributed by atoms with Gasteiger partial charge in [0.05, 0.1) is 12.1 Å². The zero-order valence-corrected chi connectivity index (χ0v) is 14.5. The maximum atomic E-state index is 10.7. The number of carbonyl (C=O) groups excluding carboxylic acids is 1. The summed E-state index contributed by atoms with van der Waals surface area (Å²) in [5.74, 6) is 0.559. The molecule has 1 amide bonds. The molecule has 2 aliphatic carbocycles. The third-order valence-electron chi connectivity index (χ3n) is 4.90.